The molecule has 2 saturated heterocycles. The van der Waals surface area contributed by atoms with Crippen LogP contribution in [0.25, 0.3) is 0 Å². The van der Waals surface area contributed by atoms with Crippen molar-refractivity contribution in [2.45, 2.75) is 58.1 Å². The predicted octanol–water partition coefficient (Wildman–Crippen LogP) is 2.19. The number of piperazine rings is 1. The van der Waals surface area contributed by atoms with Gasteiger partial charge >= 0.3 is 6.09 Å². The second-order valence-corrected chi connectivity index (χ2v) is 8.00. The number of amides is 2. The molecule has 25 heavy (non-hydrogen) atoms. The normalized spacial score (nSPS) is 23.0. The van der Waals surface area contributed by atoms with Crippen LogP contribution in [0.2, 0.25) is 0 Å². The topological polar surface area (TPSA) is 53.1 Å². The van der Waals surface area contributed by atoms with Gasteiger partial charge in [0.15, 0.2) is 0 Å². The van der Waals surface area contributed by atoms with Crippen LogP contribution in [0.5, 0.6) is 0 Å². The molecule has 2 amide bonds. The number of nitrogens with zero attached hydrogens (tertiary/aromatic N) is 3. The summed E-state index contributed by atoms with van der Waals surface area (Å²) in [7, 11) is 0. The molecule has 1 unspecified atom stereocenters. The second-order valence-electron chi connectivity index (χ2n) is 8.00. The van der Waals surface area contributed by atoms with E-state index in [2.05, 4.69) is 0 Å². The highest BCUT2D eigenvalue weighted by molar-refractivity contribution is 5.86. The summed E-state index contributed by atoms with van der Waals surface area (Å²) in [6, 6.07) is -0.506. The third-order valence-corrected chi connectivity index (χ3v) is 4.35. The molecule has 0 bridgehead atoms. The molecule has 0 N–H and O–H groups in total. The van der Waals surface area contributed by atoms with Gasteiger partial charge in [0.1, 0.15) is 11.6 Å². The molecule has 0 aromatic carbocycles. The maximum atomic E-state index is 13.1. The smallest absolute Gasteiger partial charge is 0.410 e. The number of hydrogen-bond acceptors (Lipinski definition) is 4. The molecule has 0 saturated carbocycles. The van der Waals surface area contributed by atoms with Gasteiger partial charge < -0.3 is 9.64 Å². The van der Waals surface area contributed by atoms with Gasteiger partial charge in [-0.05, 0) is 33.6 Å². The molecule has 2 fully saturated rings. The Hall–Kier alpha value is -1.44. The van der Waals surface area contributed by atoms with E-state index in [4.69, 9.17) is 4.74 Å². The van der Waals surface area contributed by atoms with Crippen LogP contribution >= 0.6 is 0 Å². The summed E-state index contributed by atoms with van der Waals surface area (Å²) >= 11 is 0. The van der Waals surface area contributed by atoms with Gasteiger partial charge in [0.2, 0.25) is 5.91 Å². The van der Waals surface area contributed by atoms with Gasteiger partial charge in [0.05, 0.1) is 6.54 Å². The first-order valence-electron chi connectivity index (χ1n) is 8.85. The minimum absolute atomic E-state index is 0.105. The summed E-state index contributed by atoms with van der Waals surface area (Å²) in [4.78, 5) is 29.9. The Kier molecular flexibility index (Phi) is 5.91. The lowest BCUT2D eigenvalue weighted by Gasteiger charge is -2.38. The fourth-order valence-electron chi connectivity index (χ4n) is 3.29. The molecule has 2 aliphatic rings. The van der Waals surface area contributed by atoms with Crippen molar-refractivity contribution in [2.75, 3.05) is 39.3 Å². The SMILES string of the molecule is CC(F)(F)CN1CCN(C(=O)C2CCCN2C(=O)OC(C)(C)C)CC1. The fourth-order valence-corrected chi connectivity index (χ4v) is 3.29. The molecule has 1 atom stereocenters. The Balaban J connectivity index is 1.91. The Morgan fingerprint density at radius 2 is 1.64 bits per heavy atom. The maximum Gasteiger partial charge on any atom is 0.410 e. The maximum absolute atomic E-state index is 13.1. The molecule has 8 heteroatoms. The number of ether oxygens (including phenoxy) is 1. The Labute approximate surface area is 148 Å². The van der Waals surface area contributed by atoms with Crippen molar-refractivity contribution < 1.29 is 23.1 Å². The van der Waals surface area contributed by atoms with E-state index < -0.39 is 23.7 Å². The zero-order chi connectivity index (χ0) is 18.8. The number of carbonyl (C=O) groups excluding carboxylic acids is 2. The van der Waals surface area contributed by atoms with E-state index in [0.29, 0.717) is 39.1 Å². The summed E-state index contributed by atoms with van der Waals surface area (Å²) in [5, 5.41) is 0. The highest BCUT2D eigenvalue weighted by Crippen LogP contribution is 2.23. The molecule has 0 aliphatic carbocycles. The molecule has 144 valence electrons. The molecule has 2 heterocycles. The van der Waals surface area contributed by atoms with Gasteiger partial charge in [-0.25, -0.2) is 13.6 Å². The fraction of sp³-hybridized carbons (Fsp3) is 0.882. The minimum atomic E-state index is -2.73. The number of likely N-dealkylation sites (tertiary alicyclic amines) is 1. The van der Waals surface area contributed by atoms with Gasteiger partial charge in [0.25, 0.3) is 5.92 Å². The molecule has 2 aliphatic heterocycles. The number of halogens is 2. The molecule has 0 radical (unpaired) electrons. The molecule has 6 nitrogen and oxygen atoms in total. The van der Waals surface area contributed by atoms with Gasteiger partial charge in [-0.1, -0.05) is 0 Å². The predicted molar refractivity (Wildman–Crippen MR) is 89.6 cm³/mol. The average molecular weight is 361 g/mol. The monoisotopic (exact) mass is 361 g/mol. The number of rotatable bonds is 3. The molecule has 2 rings (SSSR count). The van der Waals surface area contributed by atoms with Gasteiger partial charge in [-0.15, -0.1) is 0 Å². The van der Waals surface area contributed by atoms with Crippen LogP contribution in [0.3, 0.4) is 0 Å². The molecule has 0 aromatic heterocycles. The zero-order valence-electron chi connectivity index (χ0n) is 15.6. The highest BCUT2D eigenvalue weighted by atomic mass is 19.3. The summed E-state index contributed by atoms with van der Waals surface area (Å²) in [6.07, 6.45) is 0.913. The van der Waals surface area contributed by atoms with Crippen molar-refractivity contribution in [1.82, 2.24) is 14.7 Å². The highest BCUT2D eigenvalue weighted by Gasteiger charge is 2.39. The lowest BCUT2D eigenvalue weighted by molar-refractivity contribution is -0.138. The second kappa shape index (κ2) is 7.43. The number of carbonyl (C=O) groups is 2. The first-order chi connectivity index (χ1) is 11.5. The van der Waals surface area contributed by atoms with Crippen LogP contribution in [0.15, 0.2) is 0 Å². The minimum Gasteiger partial charge on any atom is -0.444 e. The summed E-state index contributed by atoms with van der Waals surface area (Å²) in [5.74, 6) is -2.84. The van der Waals surface area contributed by atoms with Crippen LogP contribution in [0.1, 0.15) is 40.5 Å². The first kappa shape index (κ1) is 19.9. The number of hydrogen-bond donors (Lipinski definition) is 0. The summed E-state index contributed by atoms with van der Waals surface area (Å²) in [5.41, 5.74) is -0.607. The molecule has 0 aromatic rings. The Morgan fingerprint density at radius 1 is 1.04 bits per heavy atom. The van der Waals surface area contributed by atoms with E-state index in [-0.39, 0.29) is 12.5 Å². The van der Waals surface area contributed by atoms with E-state index in [0.717, 1.165) is 13.3 Å². The average Bonchev–Trinajstić information content (AvgIpc) is 2.93. The van der Waals surface area contributed by atoms with Crippen molar-refractivity contribution in [1.29, 1.82) is 0 Å². The van der Waals surface area contributed by atoms with Crippen LogP contribution < -0.4 is 0 Å². The van der Waals surface area contributed by atoms with E-state index >= 15 is 0 Å². The van der Waals surface area contributed by atoms with Crippen LogP contribution in [-0.4, -0.2) is 83.5 Å². The standard InChI is InChI=1S/C17H29F2N3O3/c1-16(2,3)25-15(24)22-7-5-6-13(22)14(23)21-10-8-20(9-11-21)12-17(4,18)19/h13H,5-12H2,1-4H3. The van der Waals surface area contributed by atoms with Crippen LogP contribution in [0, 0.1) is 0 Å². The third-order valence-electron chi connectivity index (χ3n) is 4.35. The lowest BCUT2D eigenvalue weighted by atomic mass is 10.1. The van der Waals surface area contributed by atoms with E-state index in [1.54, 1.807) is 30.6 Å². The van der Waals surface area contributed by atoms with Crippen molar-refractivity contribution in [2.24, 2.45) is 0 Å². The van der Waals surface area contributed by atoms with E-state index in [1.807, 2.05) is 0 Å². The molecular weight excluding hydrogens is 332 g/mol. The van der Waals surface area contributed by atoms with Crippen molar-refractivity contribution in [3.63, 3.8) is 0 Å². The third kappa shape index (κ3) is 5.80. The quantitative estimate of drug-likeness (QED) is 0.773. The van der Waals surface area contributed by atoms with Gasteiger partial charge in [-0.2, -0.15) is 0 Å². The summed E-state index contributed by atoms with van der Waals surface area (Å²) in [6.45, 7) is 8.17. The Morgan fingerprint density at radius 3 is 2.16 bits per heavy atom. The van der Waals surface area contributed by atoms with Crippen molar-refractivity contribution >= 4 is 12.0 Å². The molecule has 0 spiro atoms. The largest absolute Gasteiger partial charge is 0.444 e. The van der Waals surface area contributed by atoms with E-state index in [9.17, 15) is 18.4 Å². The van der Waals surface area contributed by atoms with Crippen molar-refractivity contribution in [3.05, 3.63) is 0 Å². The zero-order valence-corrected chi connectivity index (χ0v) is 15.6. The lowest BCUT2D eigenvalue weighted by Crippen LogP contribution is -2.55. The van der Waals surface area contributed by atoms with Gasteiger partial charge in [-0.3, -0.25) is 14.6 Å². The van der Waals surface area contributed by atoms with Crippen LogP contribution in [0.4, 0.5) is 13.6 Å². The van der Waals surface area contributed by atoms with Crippen LogP contribution in [-0.2, 0) is 9.53 Å². The molecular formula is C17H29F2N3O3. The number of alkyl halides is 2. The Bertz CT molecular complexity index is 494. The summed E-state index contributed by atoms with van der Waals surface area (Å²) < 4.78 is 31.6. The van der Waals surface area contributed by atoms with E-state index in [1.165, 1.54) is 4.90 Å². The van der Waals surface area contributed by atoms with Crippen molar-refractivity contribution in [3.8, 4) is 0 Å². The van der Waals surface area contributed by atoms with Gasteiger partial charge in [0, 0.05) is 39.6 Å². The first-order valence-corrected chi connectivity index (χ1v) is 8.85.